The Morgan fingerprint density at radius 1 is 1.19 bits per heavy atom. The molecule has 2 N–H and O–H groups in total. The van der Waals surface area contributed by atoms with Gasteiger partial charge in [0.15, 0.2) is 0 Å². The highest BCUT2D eigenvalue weighted by Crippen LogP contribution is 2.33. The van der Waals surface area contributed by atoms with Gasteiger partial charge in [-0.3, -0.25) is 19.2 Å². The lowest BCUT2D eigenvalue weighted by Crippen LogP contribution is -2.40. The van der Waals surface area contributed by atoms with Crippen LogP contribution in [-0.2, 0) is 0 Å². The summed E-state index contributed by atoms with van der Waals surface area (Å²) >= 11 is 7.16. The second-order valence-electron chi connectivity index (χ2n) is 7.40. The van der Waals surface area contributed by atoms with Crippen LogP contribution in [0.15, 0.2) is 71.4 Å². The largest absolute Gasteiger partial charge is 0.376 e. The van der Waals surface area contributed by atoms with Gasteiger partial charge in [-0.2, -0.15) is 0 Å². The molecule has 1 aliphatic rings. The summed E-state index contributed by atoms with van der Waals surface area (Å²) in [5.74, 6) is -0.169. The van der Waals surface area contributed by atoms with E-state index < -0.39 is 0 Å². The molecule has 166 valence electrons. The maximum Gasteiger partial charge on any atom is 0.261 e. The van der Waals surface area contributed by atoms with E-state index in [9.17, 15) is 9.59 Å². The number of amides is 1. The van der Waals surface area contributed by atoms with Crippen molar-refractivity contribution < 1.29 is 4.79 Å². The summed E-state index contributed by atoms with van der Waals surface area (Å²) in [4.78, 5) is 27.1. The molecule has 0 unspecified atom stereocenters. The molecule has 32 heavy (non-hydrogen) atoms. The summed E-state index contributed by atoms with van der Waals surface area (Å²) in [6, 6.07) is 14.4. The molecule has 1 amide bonds. The lowest BCUT2D eigenvalue weighted by atomic mass is 10.2. The Bertz CT molecular complexity index is 1230. The van der Waals surface area contributed by atoms with E-state index in [2.05, 4.69) is 10.7 Å². The minimum absolute atomic E-state index is 0.0881. The minimum atomic E-state index is -0.169. The number of benzene rings is 1. The standard InChI is InChI=1S/C22H23ClN6O2S/c1-26(2)18-12-16(28-11-5-4-6-21(28)30)7-8-17(18)29-14-15(25-27(29)3)13-24-22(31)19-9-10-20(23)32-19/h4-12,14,25H,13H2,1-3H3,(H,24,31). The molecule has 2 aromatic heterocycles. The highest BCUT2D eigenvalue weighted by Gasteiger charge is 2.23. The van der Waals surface area contributed by atoms with Crippen LogP contribution in [-0.4, -0.2) is 43.3 Å². The first-order valence-electron chi connectivity index (χ1n) is 9.86. The topological polar surface area (TPSA) is 72.8 Å². The van der Waals surface area contributed by atoms with E-state index in [-0.39, 0.29) is 11.5 Å². The summed E-state index contributed by atoms with van der Waals surface area (Å²) < 4.78 is 2.19. The molecule has 0 fully saturated rings. The number of nitrogens with one attached hydrogen (secondary N) is 2. The molecule has 0 saturated carbocycles. The van der Waals surface area contributed by atoms with Gasteiger partial charge >= 0.3 is 0 Å². The van der Waals surface area contributed by atoms with Gasteiger partial charge in [-0.05, 0) is 36.4 Å². The van der Waals surface area contributed by atoms with Gasteiger partial charge in [-0.1, -0.05) is 17.7 Å². The minimum Gasteiger partial charge on any atom is -0.376 e. The average molecular weight is 471 g/mol. The Morgan fingerprint density at radius 3 is 2.69 bits per heavy atom. The molecule has 3 aromatic rings. The number of pyridine rings is 1. The van der Waals surface area contributed by atoms with Gasteiger partial charge in [0.2, 0.25) is 0 Å². The number of hydrogen-bond acceptors (Lipinski definition) is 7. The van der Waals surface area contributed by atoms with E-state index in [0.717, 1.165) is 22.8 Å². The third-order valence-electron chi connectivity index (χ3n) is 4.93. The van der Waals surface area contributed by atoms with Crippen molar-refractivity contribution in [3.8, 4) is 5.69 Å². The van der Waals surface area contributed by atoms with Crippen LogP contribution < -0.4 is 26.2 Å². The zero-order valence-electron chi connectivity index (χ0n) is 17.9. The number of hydrogen-bond donors (Lipinski definition) is 2. The predicted molar refractivity (Wildman–Crippen MR) is 129 cm³/mol. The van der Waals surface area contributed by atoms with Gasteiger partial charge in [-0.25, -0.2) is 0 Å². The molecule has 3 heterocycles. The molecule has 1 aromatic carbocycles. The maximum atomic E-state index is 12.3. The Morgan fingerprint density at radius 2 is 2.00 bits per heavy atom. The average Bonchev–Trinajstić information content (AvgIpc) is 3.37. The molecule has 0 bridgehead atoms. The van der Waals surface area contributed by atoms with Crippen molar-refractivity contribution >= 4 is 40.2 Å². The highest BCUT2D eigenvalue weighted by atomic mass is 35.5. The summed E-state index contributed by atoms with van der Waals surface area (Å²) in [6.07, 6.45) is 3.68. The summed E-state index contributed by atoms with van der Waals surface area (Å²) in [6.45, 7) is 0.337. The fraction of sp³-hybridized carbons (Fsp3) is 0.182. The van der Waals surface area contributed by atoms with Gasteiger partial charge in [0.05, 0.1) is 38.5 Å². The summed E-state index contributed by atoms with van der Waals surface area (Å²) in [7, 11) is 5.80. The Balaban J connectivity index is 1.56. The predicted octanol–water partition coefficient (Wildman–Crippen LogP) is 3.06. The first-order valence-corrected chi connectivity index (χ1v) is 11.1. The number of halogens is 1. The smallest absolute Gasteiger partial charge is 0.261 e. The van der Waals surface area contributed by atoms with Crippen LogP contribution in [0.25, 0.3) is 5.69 Å². The van der Waals surface area contributed by atoms with Gasteiger partial charge in [0.25, 0.3) is 11.5 Å². The van der Waals surface area contributed by atoms with Gasteiger partial charge in [0.1, 0.15) is 0 Å². The quantitative estimate of drug-likeness (QED) is 0.577. The van der Waals surface area contributed by atoms with Crippen molar-refractivity contribution in [1.82, 2.24) is 20.4 Å². The SMILES string of the molecule is CN(C)c1cc(-n2ccccc2=O)ccc1N1C=C(CNC(=O)c2ccc(Cl)s2)NN1C. The lowest BCUT2D eigenvalue weighted by Gasteiger charge is -2.29. The van der Waals surface area contributed by atoms with Crippen molar-refractivity contribution in [3.63, 3.8) is 0 Å². The molecule has 10 heteroatoms. The van der Waals surface area contributed by atoms with Crippen LogP contribution in [0.2, 0.25) is 4.34 Å². The molecule has 4 rings (SSSR count). The van der Waals surface area contributed by atoms with Crippen LogP contribution in [0.5, 0.6) is 0 Å². The molecule has 0 spiro atoms. The van der Waals surface area contributed by atoms with Crippen molar-refractivity contribution in [3.05, 3.63) is 86.2 Å². The van der Waals surface area contributed by atoms with E-state index in [4.69, 9.17) is 11.6 Å². The Hall–Kier alpha value is -3.27. The Kier molecular flexibility index (Phi) is 6.22. The molecule has 0 aliphatic carbocycles. The third-order valence-corrected chi connectivity index (χ3v) is 6.16. The van der Waals surface area contributed by atoms with Crippen molar-refractivity contribution in [2.24, 2.45) is 0 Å². The number of carbonyl (C=O) groups excluding carboxylic acids is 1. The normalized spacial score (nSPS) is 13.6. The van der Waals surface area contributed by atoms with Crippen LogP contribution in [0.3, 0.4) is 0 Å². The molecule has 0 radical (unpaired) electrons. The van der Waals surface area contributed by atoms with Crippen molar-refractivity contribution in [2.75, 3.05) is 37.6 Å². The fourth-order valence-corrected chi connectivity index (χ4v) is 4.35. The van der Waals surface area contributed by atoms with Gasteiger partial charge in [-0.15, -0.1) is 16.5 Å². The second kappa shape index (κ2) is 9.07. The van der Waals surface area contributed by atoms with E-state index in [1.807, 2.05) is 66.6 Å². The van der Waals surface area contributed by atoms with Crippen LogP contribution in [0, 0.1) is 0 Å². The van der Waals surface area contributed by atoms with E-state index in [0.29, 0.717) is 15.8 Å². The zero-order chi connectivity index (χ0) is 22.8. The number of aromatic nitrogens is 1. The summed E-state index contributed by atoms with van der Waals surface area (Å²) in [5.41, 5.74) is 6.62. The molecule has 0 atom stereocenters. The monoisotopic (exact) mass is 470 g/mol. The zero-order valence-corrected chi connectivity index (χ0v) is 19.4. The number of hydrazine groups is 2. The maximum absolute atomic E-state index is 12.3. The second-order valence-corrected chi connectivity index (χ2v) is 9.11. The first-order chi connectivity index (χ1) is 15.3. The molecular formula is C22H23ClN6O2S. The van der Waals surface area contributed by atoms with Crippen molar-refractivity contribution in [1.29, 1.82) is 0 Å². The lowest BCUT2D eigenvalue weighted by molar-refractivity contribution is 0.0959. The van der Waals surface area contributed by atoms with Crippen LogP contribution in [0.4, 0.5) is 11.4 Å². The van der Waals surface area contributed by atoms with Gasteiger partial charge in [0, 0.05) is 39.6 Å². The number of thiophene rings is 1. The Labute approximate surface area is 194 Å². The molecule has 8 nitrogen and oxygen atoms in total. The number of anilines is 2. The first kappa shape index (κ1) is 21.9. The fourth-order valence-electron chi connectivity index (χ4n) is 3.39. The van der Waals surface area contributed by atoms with Crippen molar-refractivity contribution in [2.45, 2.75) is 0 Å². The highest BCUT2D eigenvalue weighted by molar-refractivity contribution is 7.18. The third kappa shape index (κ3) is 4.50. The number of nitrogens with zero attached hydrogens (tertiary/aromatic N) is 4. The summed E-state index contributed by atoms with van der Waals surface area (Å²) in [5, 5.41) is 6.69. The number of carbonyl (C=O) groups is 1. The molecule has 0 saturated heterocycles. The van der Waals surface area contributed by atoms with Crippen LogP contribution in [0.1, 0.15) is 9.67 Å². The molecule has 1 aliphatic heterocycles. The van der Waals surface area contributed by atoms with E-state index in [1.165, 1.54) is 17.4 Å². The van der Waals surface area contributed by atoms with E-state index >= 15 is 0 Å². The number of rotatable bonds is 6. The van der Waals surface area contributed by atoms with E-state index in [1.54, 1.807) is 29.0 Å². The van der Waals surface area contributed by atoms with Gasteiger partial charge < -0.3 is 15.6 Å². The van der Waals surface area contributed by atoms with Crippen LogP contribution >= 0.6 is 22.9 Å². The molecular weight excluding hydrogens is 448 g/mol.